The van der Waals surface area contributed by atoms with Crippen molar-refractivity contribution in [3.8, 4) is 0 Å². The molecule has 3 heterocycles. The van der Waals surface area contributed by atoms with Gasteiger partial charge in [0.2, 0.25) is 0 Å². The number of aromatic nitrogens is 2. The molecule has 1 aromatic carbocycles. The van der Waals surface area contributed by atoms with Crippen molar-refractivity contribution in [2.24, 2.45) is 7.05 Å². The lowest BCUT2D eigenvalue weighted by atomic mass is 10.1. The normalized spacial score (nSPS) is 16.4. The third-order valence-electron chi connectivity index (χ3n) is 4.91. The van der Waals surface area contributed by atoms with E-state index in [-0.39, 0.29) is 5.91 Å². The SMILES string of the molecule is Cc1nn(C)c2sc(C(=O)NCCN3c4ccccc4C[C@H]3C)cc12. The molecule has 0 aliphatic carbocycles. The molecule has 0 bridgehead atoms. The lowest BCUT2D eigenvalue weighted by molar-refractivity contribution is 0.0958. The number of para-hydroxylation sites is 1. The smallest absolute Gasteiger partial charge is 0.261 e. The fraction of sp³-hybridized carbons (Fsp3) is 0.368. The molecule has 2 aromatic heterocycles. The number of aryl methyl sites for hydroxylation is 2. The molecule has 1 aliphatic rings. The third-order valence-corrected chi connectivity index (χ3v) is 6.11. The summed E-state index contributed by atoms with van der Waals surface area (Å²) >= 11 is 1.50. The van der Waals surface area contributed by atoms with E-state index in [1.54, 1.807) is 0 Å². The molecule has 3 aromatic rings. The van der Waals surface area contributed by atoms with Crippen molar-refractivity contribution < 1.29 is 4.79 Å². The van der Waals surface area contributed by atoms with Gasteiger partial charge in [-0.1, -0.05) is 18.2 Å². The third kappa shape index (κ3) is 2.80. The summed E-state index contributed by atoms with van der Waals surface area (Å²) in [5, 5.41) is 8.52. The van der Waals surface area contributed by atoms with Gasteiger partial charge in [-0.05, 0) is 38.0 Å². The molecule has 25 heavy (non-hydrogen) atoms. The predicted octanol–water partition coefficient (Wildman–Crippen LogP) is 3.12. The molecule has 0 fully saturated rings. The monoisotopic (exact) mass is 354 g/mol. The first-order chi connectivity index (χ1) is 12.0. The van der Waals surface area contributed by atoms with Gasteiger partial charge >= 0.3 is 0 Å². The molecule has 5 nitrogen and oxygen atoms in total. The molecule has 1 atom stereocenters. The Morgan fingerprint density at radius 2 is 2.20 bits per heavy atom. The summed E-state index contributed by atoms with van der Waals surface area (Å²) in [6.45, 7) is 5.69. The molecule has 6 heteroatoms. The van der Waals surface area contributed by atoms with Crippen LogP contribution in [0.4, 0.5) is 5.69 Å². The lowest BCUT2D eigenvalue weighted by Crippen LogP contribution is -2.37. The number of nitrogens with one attached hydrogen (secondary N) is 1. The molecule has 0 spiro atoms. The highest BCUT2D eigenvalue weighted by molar-refractivity contribution is 7.20. The van der Waals surface area contributed by atoms with Crippen LogP contribution < -0.4 is 10.2 Å². The van der Waals surface area contributed by atoms with E-state index in [1.807, 2.05) is 24.7 Å². The first-order valence-corrected chi connectivity index (χ1v) is 9.42. The van der Waals surface area contributed by atoms with Gasteiger partial charge in [0.25, 0.3) is 5.91 Å². The fourth-order valence-corrected chi connectivity index (χ4v) is 4.70. The van der Waals surface area contributed by atoms with Gasteiger partial charge in [-0.2, -0.15) is 5.10 Å². The Bertz CT molecular complexity index is 908. The summed E-state index contributed by atoms with van der Waals surface area (Å²) in [4.78, 5) is 16.7. The van der Waals surface area contributed by atoms with Gasteiger partial charge in [0.1, 0.15) is 4.83 Å². The predicted molar refractivity (Wildman–Crippen MR) is 103 cm³/mol. The Labute approximate surface area is 151 Å². The first kappa shape index (κ1) is 16.1. The summed E-state index contributed by atoms with van der Waals surface area (Å²) in [6.07, 6.45) is 1.08. The number of amides is 1. The van der Waals surface area contributed by atoms with Crippen LogP contribution in [-0.2, 0) is 13.5 Å². The maximum atomic E-state index is 12.5. The molecule has 1 aliphatic heterocycles. The Morgan fingerprint density at radius 3 is 3.00 bits per heavy atom. The number of hydrogen-bond donors (Lipinski definition) is 1. The van der Waals surface area contributed by atoms with E-state index in [4.69, 9.17) is 0 Å². The number of carbonyl (C=O) groups excluding carboxylic acids is 1. The summed E-state index contributed by atoms with van der Waals surface area (Å²) in [6, 6.07) is 11.0. The molecule has 4 rings (SSSR count). The average molecular weight is 354 g/mol. The molecular formula is C19H22N4OS. The van der Waals surface area contributed by atoms with Gasteiger partial charge in [-0.25, -0.2) is 0 Å². The highest BCUT2D eigenvalue weighted by atomic mass is 32.1. The average Bonchev–Trinajstić information content (AvgIpc) is 3.23. The van der Waals surface area contributed by atoms with E-state index in [1.165, 1.54) is 22.6 Å². The molecule has 0 saturated heterocycles. The van der Waals surface area contributed by atoms with Gasteiger partial charge in [-0.15, -0.1) is 11.3 Å². The molecule has 0 radical (unpaired) electrons. The van der Waals surface area contributed by atoms with Gasteiger partial charge < -0.3 is 10.2 Å². The van der Waals surface area contributed by atoms with Crippen molar-refractivity contribution in [3.63, 3.8) is 0 Å². The van der Waals surface area contributed by atoms with Crippen LogP contribution in [0.2, 0.25) is 0 Å². The van der Waals surface area contributed by atoms with Crippen LogP contribution in [0.3, 0.4) is 0 Å². The number of fused-ring (bicyclic) bond motifs is 2. The van der Waals surface area contributed by atoms with Crippen molar-refractivity contribution in [1.82, 2.24) is 15.1 Å². The zero-order valence-electron chi connectivity index (χ0n) is 14.7. The molecule has 0 unspecified atom stereocenters. The van der Waals surface area contributed by atoms with Crippen molar-refractivity contribution in [1.29, 1.82) is 0 Å². The number of thiophene rings is 1. The van der Waals surface area contributed by atoms with Gasteiger partial charge in [0, 0.05) is 37.3 Å². The summed E-state index contributed by atoms with van der Waals surface area (Å²) in [7, 11) is 1.92. The minimum absolute atomic E-state index is 0.000681. The molecule has 1 amide bonds. The highest BCUT2D eigenvalue weighted by Crippen LogP contribution is 2.31. The van der Waals surface area contributed by atoms with Crippen LogP contribution >= 0.6 is 11.3 Å². The number of anilines is 1. The van der Waals surface area contributed by atoms with E-state index in [0.717, 1.165) is 33.8 Å². The topological polar surface area (TPSA) is 50.2 Å². The maximum absolute atomic E-state index is 12.5. The second kappa shape index (κ2) is 6.19. The second-order valence-electron chi connectivity index (χ2n) is 6.67. The van der Waals surface area contributed by atoms with Crippen molar-refractivity contribution >= 4 is 33.1 Å². The van der Waals surface area contributed by atoms with E-state index in [9.17, 15) is 4.79 Å². The van der Waals surface area contributed by atoms with E-state index in [0.29, 0.717) is 12.6 Å². The summed E-state index contributed by atoms with van der Waals surface area (Å²) in [5.41, 5.74) is 3.66. The summed E-state index contributed by atoms with van der Waals surface area (Å²) in [5.74, 6) is 0.000681. The Morgan fingerprint density at radius 1 is 1.40 bits per heavy atom. The largest absolute Gasteiger partial charge is 0.367 e. The Balaban J connectivity index is 1.41. The lowest BCUT2D eigenvalue weighted by Gasteiger charge is -2.24. The first-order valence-electron chi connectivity index (χ1n) is 8.60. The zero-order chi connectivity index (χ0) is 17.6. The number of benzene rings is 1. The standard InChI is InChI=1S/C19H22N4OS/c1-12-10-14-6-4-5-7-16(14)23(12)9-8-20-18(24)17-11-15-13(2)21-22(3)19(15)25-17/h4-7,11-12H,8-10H2,1-3H3,(H,20,24)/t12-/m1/s1. The Hall–Kier alpha value is -2.34. The molecular weight excluding hydrogens is 332 g/mol. The highest BCUT2D eigenvalue weighted by Gasteiger charge is 2.25. The zero-order valence-corrected chi connectivity index (χ0v) is 15.6. The number of rotatable bonds is 4. The van der Waals surface area contributed by atoms with Crippen molar-refractivity contribution in [2.75, 3.05) is 18.0 Å². The number of nitrogens with zero attached hydrogens (tertiary/aromatic N) is 3. The van der Waals surface area contributed by atoms with Crippen molar-refractivity contribution in [2.45, 2.75) is 26.3 Å². The van der Waals surface area contributed by atoms with E-state index >= 15 is 0 Å². The second-order valence-corrected chi connectivity index (χ2v) is 7.70. The van der Waals surface area contributed by atoms with Crippen LogP contribution in [0.25, 0.3) is 10.2 Å². The molecule has 0 saturated carbocycles. The minimum Gasteiger partial charge on any atom is -0.367 e. The minimum atomic E-state index is 0.000681. The van der Waals surface area contributed by atoms with Crippen LogP contribution in [-0.4, -0.2) is 34.8 Å². The van der Waals surface area contributed by atoms with Gasteiger partial charge in [0.05, 0.1) is 10.6 Å². The fourth-order valence-electron chi connectivity index (χ4n) is 3.66. The molecule has 1 N–H and O–H groups in total. The van der Waals surface area contributed by atoms with Gasteiger partial charge in [-0.3, -0.25) is 9.48 Å². The van der Waals surface area contributed by atoms with E-state index in [2.05, 4.69) is 46.5 Å². The number of hydrogen-bond acceptors (Lipinski definition) is 4. The van der Waals surface area contributed by atoms with Crippen LogP contribution in [0, 0.1) is 6.92 Å². The quantitative estimate of drug-likeness (QED) is 0.783. The van der Waals surface area contributed by atoms with Crippen molar-refractivity contribution in [3.05, 3.63) is 46.5 Å². The number of carbonyl (C=O) groups is 1. The summed E-state index contributed by atoms with van der Waals surface area (Å²) < 4.78 is 1.84. The van der Waals surface area contributed by atoms with Gasteiger partial charge in [0.15, 0.2) is 0 Å². The molecule has 130 valence electrons. The van der Waals surface area contributed by atoms with Crippen LogP contribution in [0.1, 0.15) is 27.9 Å². The van der Waals surface area contributed by atoms with Crippen LogP contribution in [0.5, 0.6) is 0 Å². The Kier molecular flexibility index (Phi) is 4.00. The van der Waals surface area contributed by atoms with Crippen LogP contribution in [0.15, 0.2) is 30.3 Å². The maximum Gasteiger partial charge on any atom is 0.261 e. The van der Waals surface area contributed by atoms with E-state index < -0.39 is 0 Å².